The highest BCUT2D eigenvalue weighted by Crippen LogP contribution is 2.19. The van der Waals surface area contributed by atoms with Crippen molar-refractivity contribution in [2.45, 2.75) is 46.1 Å². The van der Waals surface area contributed by atoms with Gasteiger partial charge in [0.05, 0.1) is 0 Å². The first kappa shape index (κ1) is 24.5. The maximum Gasteiger partial charge on any atom is 0.326 e. The van der Waals surface area contributed by atoms with Crippen LogP contribution >= 0.6 is 0 Å². The van der Waals surface area contributed by atoms with Crippen molar-refractivity contribution in [1.29, 1.82) is 0 Å². The monoisotopic (exact) mass is 434 g/mol. The lowest BCUT2D eigenvalue weighted by Crippen LogP contribution is -2.42. The number of amides is 1. The molecular weight excluding hydrogens is 403 g/mol. The Labute approximate surface area is 182 Å². The maximum absolute atomic E-state index is 13.5. The van der Waals surface area contributed by atoms with Crippen LogP contribution in [0.5, 0.6) is 0 Å². The summed E-state index contributed by atoms with van der Waals surface area (Å²) >= 11 is 0. The SMILES string of the molecule is Cc1cc(-c2noc(CCC(=O)N(CCN(C)C)CC(=O)OC(C)(C)C)n2)ccc1F. The summed E-state index contributed by atoms with van der Waals surface area (Å²) in [6.07, 6.45) is 0.346. The second-order valence-corrected chi connectivity index (χ2v) is 8.68. The molecule has 0 N–H and O–H groups in total. The summed E-state index contributed by atoms with van der Waals surface area (Å²) in [5.74, 6) is -0.323. The number of carbonyl (C=O) groups excluding carboxylic acids is 2. The number of rotatable bonds is 9. The summed E-state index contributed by atoms with van der Waals surface area (Å²) in [5.41, 5.74) is 0.502. The molecule has 0 aliphatic carbocycles. The van der Waals surface area contributed by atoms with E-state index in [0.717, 1.165) is 0 Å². The van der Waals surface area contributed by atoms with Gasteiger partial charge in [0.25, 0.3) is 0 Å². The molecule has 1 heterocycles. The summed E-state index contributed by atoms with van der Waals surface area (Å²) in [6.45, 7) is 7.91. The molecular formula is C22H31FN4O4. The predicted octanol–water partition coefficient (Wildman–Crippen LogP) is 2.85. The van der Waals surface area contributed by atoms with Crippen molar-refractivity contribution in [2.75, 3.05) is 33.7 Å². The molecule has 2 aromatic rings. The third-order valence-electron chi connectivity index (χ3n) is 4.35. The molecule has 2 rings (SSSR count). The highest BCUT2D eigenvalue weighted by Gasteiger charge is 2.23. The van der Waals surface area contributed by atoms with E-state index < -0.39 is 11.6 Å². The number of esters is 1. The number of aromatic nitrogens is 2. The van der Waals surface area contributed by atoms with E-state index in [1.807, 2.05) is 19.0 Å². The van der Waals surface area contributed by atoms with Crippen molar-refractivity contribution < 1.29 is 23.2 Å². The largest absolute Gasteiger partial charge is 0.459 e. The van der Waals surface area contributed by atoms with Crippen LogP contribution in [-0.4, -0.2) is 71.1 Å². The lowest BCUT2D eigenvalue weighted by atomic mass is 10.1. The summed E-state index contributed by atoms with van der Waals surface area (Å²) in [5, 5.41) is 3.91. The van der Waals surface area contributed by atoms with E-state index in [2.05, 4.69) is 10.1 Å². The lowest BCUT2D eigenvalue weighted by Gasteiger charge is -2.26. The number of hydrogen-bond donors (Lipinski definition) is 0. The summed E-state index contributed by atoms with van der Waals surface area (Å²) in [6, 6.07) is 4.56. The van der Waals surface area contributed by atoms with E-state index in [-0.39, 0.29) is 31.1 Å². The van der Waals surface area contributed by atoms with Gasteiger partial charge < -0.3 is 19.1 Å². The van der Waals surface area contributed by atoms with Crippen molar-refractivity contribution >= 4 is 11.9 Å². The first-order valence-corrected chi connectivity index (χ1v) is 10.2. The number of ether oxygens (including phenoxy) is 1. The highest BCUT2D eigenvalue weighted by atomic mass is 19.1. The molecule has 9 heteroatoms. The Balaban J connectivity index is 2.00. The molecule has 0 atom stereocenters. The van der Waals surface area contributed by atoms with Gasteiger partial charge in [-0.25, -0.2) is 4.39 Å². The zero-order valence-corrected chi connectivity index (χ0v) is 19.1. The standard InChI is InChI=1S/C22H31FN4O4/c1-15-13-16(7-8-17(15)23)21-24-18(31-25-21)9-10-19(28)27(12-11-26(5)6)14-20(29)30-22(2,3)4/h7-8,13H,9-12,14H2,1-6H3. The highest BCUT2D eigenvalue weighted by molar-refractivity contribution is 5.82. The molecule has 0 saturated heterocycles. The Morgan fingerprint density at radius 3 is 2.52 bits per heavy atom. The molecule has 0 unspecified atom stereocenters. The maximum atomic E-state index is 13.5. The molecule has 0 radical (unpaired) electrons. The summed E-state index contributed by atoms with van der Waals surface area (Å²) in [4.78, 5) is 32.7. The van der Waals surface area contributed by atoms with Crippen LogP contribution < -0.4 is 0 Å². The van der Waals surface area contributed by atoms with Crippen LogP contribution in [0.15, 0.2) is 22.7 Å². The zero-order valence-electron chi connectivity index (χ0n) is 19.1. The Hall–Kier alpha value is -2.81. The van der Waals surface area contributed by atoms with Crippen molar-refractivity contribution in [3.05, 3.63) is 35.5 Å². The van der Waals surface area contributed by atoms with E-state index in [0.29, 0.717) is 35.9 Å². The third-order valence-corrected chi connectivity index (χ3v) is 4.35. The van der Waals surface area contributed by atoms with Gasteiger partial charge in [0.2, 0.25) is 17.6 Å². The first-order chi connectivity index (χ1) is 14.4. The number of likely N-dealkylation sites (N-methyl/N-ethyl adjacent to an activating group) is 1. The Morgan fingerprint density at radius 1 is 1.19 bits per heavy atom. The smallest absolute Gasteiger partial charge is 0.326 e. The Morgan fingerprint density at radius 2 is 1.90 bits per heavy atom. The minimum Gasteiger partial charge on any atom is -0.459 e. The van der Waals surface area contributed by atoms with Crippen LogP contribution in [0, 0.1) is 12.7 Å². The van der Waals surface area contributed by atoms with E-state index >= 15 is 0 Å². The van der Waals surface area contributed by atoms with Gasteiger partial charge >= 0.3 is 5.97 Å². The number of nitrogens with zero attached hydrogens (tertiary/aromatic N) is 4. The number of hydrogen-bond acceptors (Lipinski definition) is 7. The Kier molecular flexibility index (Phi) is 8.27. The quantitative estimate of drug-likeness (QED) is 0.561. The minimum absolute atomic E-state index is 0.111. The van der Waals surface area contributed by atoms with Crippen molar-refractivity contribution in [3.63, 3.8) is 0 Å². The Bertz CT molecular complexity index is 905. The number of halogens is 1. The average Bonchev–Trinajstić information content (AvgIpc) is 3.12. The summed E-state index contributed by atoms with van der Waals surface area (Å²) < 4.78 is 24.0. The molecule has 0 bridgehead atoms. The first-order valence-electron chi connectivity index (χ1n) is 10.2. The van der Waals surface area contributed by atoms with Crippen LogP contribution in [0.1, 0.15) is 38.6 Å². The van der Waals surface area contributed by atoms with Gasteiger partial charge in [0, 0.05) is 31.5 Å². The normalized spacial score (nSPS) is 11.6. The van der Waals surface area contributed by atoms with Gasteiger partial charge in [-0.2, -0.15) is 4.98 Å². The molecule has 1 amide bonds. The average molecular weight is 435 g/mol. The number of carbonyl (C=O) groups is 2. The van der Waals surface area contributed by atoms with Gasteiger partial charge in [0.1, 0.15) is 18.0 Å². The number of benzene rings is 1. The topological polar surface area (TPSA) is 88.8 Å². The molecule has 0 saturated carbocycles. The van der Waals surface area contributed by atoms with Crippen LogP contribution in [0.2, 0.25) is 0 Å². The van der Waals surface area contributed by atoms with Crippen LogP contribution in [-0.2, 0) is 20.7 Å². The molecule has 0 aliphatic heterocycles. The molecule has 0 fully saturated rings. The van der Waals surface area contributed by atoms with Crippen LogP contribution in [0.25, 0.3) is 11.4 Å². The second-order valence-electron chi connectivity index (χ2n) is 8.68. The predicted molar refractivity (Wildman–Crippen MR) is 114 cm³/mol. The van der Waals surface area contributed by atoms with E-state index in [1.165, 1.54) is 11.0 Å². The lowest BCUT2D eigenvalue weighted by molar-refractivity contribution is -0.159. The molecule has 0 aliphatic rings. The molecule has 0 spiro atoms. The van der Waals surface area contributed by atoms with Crippen molar-refractivity contribution in [1.82, 2.24) is 19.9 Å². The van der Waals surface area contributed by atoms with Gasteiger partial charge in [-0.3, -0.25) is 9.59 Å². The van der Waals surface area contributed by atoms with Crippen LogP contribution in [0.4, 0.5) is 4.39 Å². The second kappa shape index (κ2) is 10.5. The van der Waals surface area contributed by atoms with E-state index in [9.17, 15) is 14.0 Å². The molecule has 31 heavy (non-hydrogen) atoms. The summed E-state index contributed by atoms with van der Waals surface area (Å²) in [7, 11) is 3.79. The van der Waals surface area contributed by atoms with Crippen molar-refractivity contribution in [2.24, 2.45) is 0 Å². The number of aryl methyl sites for hydroxylation is 2. The molecule has 1 aromatic carbocycles. The fourth-order valence-corrected chi connectivity index (χ4v) is 2.77. The fourth-order valence-electron chi connectivity index (χ4n) is 2.77. The van der Waals surface area contributed by atoms with Gasteiger partial charge in [0.15, 0.2) is 0 Å². The van der Waals surface area contributed by atoms with Gasteiger partial charge in [-0.1, -0.05) is 5.16 Å². The molecule has 170 valence electrons. The van der Waals surface area contributed by atoms with Crippen molar-refractivity contribution in [3.8, 4) is 11.4 Å². The van der Waals surface area contributed by atoms with Crippen LogP contribution in [0.3, 0.4) is 0 Å². The molecule has 8 nitrogen and oxygen atoms in total. The zero-order chi connectivity index (χ0) is 23.2. The van der Waals surface area contributed by atoms with E-state index in [1.54, 1.807) is 39.8 Å². The molecule has 1 aromatic heterocycles. The minimum atomic E-state index is -0.619. The van der Waals surface area contributed by atoms with Gasteiger partial charge in [-0.05, 0) is 65.6 Å². The fraction of sp³-hybridized carbons (Fsp3) is 0.545. The van der Waals surface area contributed by atoms with Gasteiger partial charge in [-0.15, -0.1) is 0 Å². The van der Waals surface area contributed by atoms with E-state index in [4.69, 9.17) is 9.26 Å². The third kappa shape index (κ3) is 8.09.